The topological polar surface area (TPSA) is 40.5 Å². The average molecular weight is 239 g/mol. The van der Waals surface area contributed by atoms with Gasteiger partial charge in [0.2, 0.25) is 0 Å². The molecule has 88 valence electrons. The lowest BCUT2D eigenvalue weighted by molar-refractivity contribution is 0.112. The summed E-state index contributed by atoms with van der Waals surface area (Å²) in [6.45, 7) is 0.836. The van der Waals surface area contributed by atoms with Gasteiger partial charge in [-0.2, -0.15) is 0 Å². The van der Waals surface area contributed by atoms with E-state index in [-0.39, 0.29) is 6.61 Å². The molecule has 2 rings (SSSR count). The molecule has 1 saturated carbocycles. The molecule has 0 amide bonds. The third-order valence-electron chi connectivity index (χ3n) is 3.16. The molecular formula is C12H17NO2S. The summed E-state index contributed by atoms with van der Waals surface area (Å²) in [7, 11) is 0. The molecule has 1 aromatic rings. The quantitative estimate of drug-likeness (QED) is 0.802. The van der Waals surface area contributed by atoms with E-state index in [1.54, 1.807) is 0 Å². The second kappa shape index (κ2) is 5.46. The van der Waals surface area contributed by atoms with Crippen LogP contribution in [0.5, 0.6) is 0 Å². The average Bonchev–Trinajstić information content (AvgIpc) is 2.97. The number of nitrogens with zero attached hydrogens (tertiary/aromatic N) is 1. The van der Waals surface area contributed by atoms with Gasteiger partial charge in [-0.3, -0.25) is 4.79 Å². The first kappa shape index (κ1) is 11.6. The molecule has 0 unspecified atom stereocenters. The highest BCUT2D eigenvalue weighted by atomic mass is 32.1. The number of hydrogen-bond donors (Lipinski definition) is 1. The summed E-state index contributed by atoms with van der Waals surface area (Å²) in [5.74, 6) is 0. The van der Waals surface area contributed by atoms with Crippen LogP contribution >= 0.6 is 11.3 Å². The van der Waals surface area contributed by atoms with Crippen molar-refractivity contribution in [2.24, 2.45) is 0 Å². The van der Waals surface area contributed by atoms with E-state index >= 15 is 0 Å². The van der Waals surface area contributed by atoms with Gasteiger partial charge in [0.05, 0.1) is 11.5 Å². The monoisotopic (exact) mass is 239 g/mol. The van der Waals surface area contributed by atoms with Gasteiger partial charge in [-0.05, 0) is 18.9 Å². The predicted molar refractivity (Wildman–Crippen MR) is 66.4 cm³/mol. The van der Waals surface area contributed by atoms with E-state index in [0.717, 1.165) is 16.9 Å². The number of rotatable bonds is 5. The smallest absolute Gasteiger partial charge is 0.160 e. The molecule has 1 aliphatic rings. The molecule has 16 heavy (non-hydrogen) atoms. The minimum Gasteiger partial charge on any atom is -0.395 e. The summed E-state index contributed by atoms with van der Waals surface area (Å²) < 4.78 is 0. The fourth-order valence-corrected chi connectivity index (χ4v) is 3.11. The summed E-state index contributed by atoms with van der Waals surface area (Å²) >= 11 is 1.47. The van der Waals surface area contributed by atoms with Crippen molar-refractivity contribution in [3.63, 3.8) is 0 Å². The van der Waals surface area contributed by atoms with Crippen LogP contribution < -0.4 is 4.90 Å². The van der Waals surface area contributed by atoms with Crippen molar-refractivity contribution in [2.45, 2.75) is 31.7 Å². The van der Waals surface area contributed by atoms with Crippen LogP contribution in [0.1, 0.15) is 35.4 Å². The second-order valence-electron chi connectivity index (χ2n) is 4.18. The van der Waals surface area contributed by atoms with E-state index in [2.05, 4.69) is 4.90 Å². The van der Waals surface area contributed by atoms with Crippen molar-refractivity contribution in [1.29, 1.82) is 0 Å². The van der Waals surface area contributed by atoms with Crippen LogP contribution in [0.4, 0.5) is 5.69 Å². The molecule has 0 radical (unpaired) electrons. The van der Waals surface area contributed by atoms with Gasteiger partial charge < -0.3 is 10.0 Å². The molecule has 0 atom stereocenters. The molecule has 1 aromatic heterocycles. The van der Waals surface area contributed by atoms with Crippen LogP contribution in [-0.4, -0.2) is 30.6 Å². The number of carbonyl (C=O) groups excluding carboxylic acids is 1. The van der Waals surface area contributed by atoms with E-state index in [1.807, 2.05) is 11.4 Å². The summed E-state index contributed by atoms with van der Waals surface area (Å²) in [5.41, 5.74) is 1.09. The van der Waals surface area contributed by atoms with E-state index in [4.69, 9.17) is 5.11 Å². The number of hydrogen-bond acceptors (Lipinski definition) is 4. The number of thiophene rings is 1. The van der Waals surface area contributed by atoms with E-state index in [0.29, 0.717) is 12.6 Å². The van der Waals surface area contributed by atoms with Crippen molar-refractivity contribution < 1.29 is 9.90 Å². The molecule has 1 aliphatic carbocycles. The molecule has 4 heteroatoms. The molecule has 0 aromatic carbocycles. The Morgan fingerprint density at radius 1 is 1.50 bits per heavy atom. The maximum atomic E-state index is 10.7. The van der Waals surface area contributed by atoms with Crippen molar-refractivity contribution in [3.05, 3.63) is 16.3 Å². The third kappa shape index (κ3) is 2.44. The van der Waals surface area contributed by atoms with Gasteiger partial charge >= 0.3 is 0 Å². The van der Waals surface area contributed by atoms with Gasteiger partial charge in [-0.1, -0.05) is 12.8 Å². The fraction of sp³-hybridized carbons (Fsp3) is 0.583. The van der Waals surface area contributed by atoms with E-state index in [1.165, 1.54) is 37.0 Å². The molecule has 1 heterocycles. The Labute approximate surface area is 99.7 Å². The zero-order valence-corrected chi connectivity index (χ0v) is 10.1. The Bertz CT molecular complexity index is 345. The van der Waals surface area contributed by atoms with Crippen LogP contribution in [-0.2, 0) is 0 Å². The second-order valence-corrected chi connectivity index (χ2v) is 5.12. The lowest BCUT2D eigenvalue weighted by atomic mass is 10.2. The first-order valence-electron chi connectivity index (χ1n) is 5.76. The first-order valence-corrected chi connectivity index (χ1v) is 6.64. The predicted octanol–water partition coefficient (Wildman–Crippen LogP) is 2.30. The highest BCUT2D eigenvalue weighted by molar-refractivity contribution is 7.12. The summed E-state index contributed by atoms with van der Waals surface area (Å²) in [6.07, 6.45) is 5.84. The zero-order valence-electron chi connectivity index (χ0n) is 9.26. The minimum absolute atomic E-state index is 0.169. The molecule has 0 bridgehead atoms. The zero-order chi connectivity index (χ0) is 11.4. The number of aliphatic hydroxyl groups is 1. The van der Waals surface area contributed by atoms with Crippen molar-refractivity contribution in [1.82, 2.24) is 0 Å². The van der Waals surface area contributed by atoms with Gasteiger partial charge in [0.15, 0.2) is 6.29 Å². The molecule has 3 nitrogen and oxygen atoms in total. The molecule has 0 aliphatic heterocycles. The fourth-order valence-electron chi connectivity index (χ4n) is 2.40. The van der Waals surface area contributed by atoms with Crippen LogP contribution in [0.2, 0.25) is 0 Å². The third-order valence-corrected chi connectivity index (χ3v) is 4.01. The van der Waals surface area contributed by atoms with Crippen molar-refractivity contribution >= 4 is 23.3 Å². The largest absolute Gasteiger partial charge is 0.395 e. The van der Waals surface area contributed by atoms with E-state index in [9.17, 15) is 4.79 Å². The standard InChI is InChI=1S/C12H17NO2S/c14-6-5-13(10-3-1-2-4-10)11-7-12(8-15)16-9-11/h7-10,14H,1-6H2. The van der Waals surface area contributed by atoms with Crippen molar-refractivity contribution in [3.8, 4) is 0 Å². The van der Waals surface area contributed by atoms with Gasteiger partial charge in [0.25, 0.3) is 0 Å². The molecule has 0 spiro atoms. The minimum atomic E-state index is 0.169. The number of carbonyl (C=O) groups is 1. The highest BCUT2D eigenvalue weighted by Crippen LogP contribution is 2.30. The van der Waals surface area contributed by atoms with Crippen LogP contribution in [0.25, 0.3) is 0 Å². The summed E-state index contributed by atoms with van der Waals surface area (Å²) in [6, 6.07) is 2.47. The van der Waals surface area contributed by atoms with Crippen LogP contribution in [0, 0.1) is 0 Å². The molecule has 1 N–H and O–H groups in total. The molecule has 0 saturated heterocycles. The van der Waals surface area contributed by atoms with Gasteiger partial charge in [-0.15, -0.1) is 11.3 Å². The van der Waals surface area contributed by atoms with Gasteiger partial charge in [0.1, 0.15) is 0 Å². The molecule has 1 fully saturated rings. The lowest BCUT2D eigenvalue weighted by Gasteiger charge is -2.29. The van der Waals surface area contributed by atoms with Gasteiger partial charge in [0, 0.05) is 23.7 Å². The number of aliphatic hydroxyl groups excluding tert-OH is 1. The van der Waals surface area contributed by atoms with Gasteiger partial charge in [-0.25, -0.2) is 0 Å². The Hall–Kier alpha value is -0.870. The van der Waals surface area contributed by atoms with E-state index < -0.39 is 0 Å². The highest BCUT2D eigenvalue weighted by Gasteiger charge is 2.23. The summed E-state index contributed by atoms with van der Waals surface area (Å²) in [4.78, 5) is 13.7. The Morgan fingerprint density at radius 2 is 2.25 bits per heavy atom. The normalized spacial score (nSPS) is 16.6. The maximum absolute atomic E-state index is 10.7. The van der Waals surface area contributed by atoms with Crippen LogP contribution in [0.3, 0.4) is 0 Å². The maximum Gasteiger partial charge on any atom is 0.160 e. The Morgan fingerprint density at radius 3 is 2.81 bits per heavy atom. The molecular weight excluding hydrogens is 222 g/mol. The summed E-state index contributed by atoms with van der Waals surface area (Å²) in [5, 5.41) is 11.1. The Balaban J connectivity index is 2.13. The lowest BCUT2D eigenvalue weighted by Crippen LogP contribution is -2.35. The Kier molecular flexibility index (Phi) is 3.96. The number of anilines is 1. The van der Waals surface area contributed by atoms with Crippen molar-refractivity contribution in [2.75, 3.05) is 18.1 Å². The number of aldehydes is 1. The first-order chi connectivity index (χ1) is 7.85. The SMILES string of the molecule is O=Cc1cc(N(CCO)C2CCCC2)cs1. The van der Waals surface area contributed by atoms with Crippen LogP contribution in [0.15, 0.2) is 11.4 Å².